The Hall–Kier alpha value is -0.910. The van der Waals surface area contributed by atoms with Gasteiger partial charge in [0.1, 0.15) is 0 Å². The van der Waals surface area contributed by atoms with Crippen LogP contribution in [0.5, 0.6) is 5.88 Å². The zero-order valence-corrected chi connectivity index (χ0v) is 14.1. The summed E-state index contributed by atoms with van der Waals surface area (Å²) in [6.45, 7) is 3.11. The van der Waals surface area contributed by atoms with E-state index in [0.29, 0.717) is 11.9 Å². The van der Waals surface area contributed by atoms with Crippen molar-refractivity contribution >= 4 is 27.3 Å². The second kappa shape index (κ2) is 7.76. The van der Waals surface area contributed by atoms with Crippen LogP contribution in [0, 0.1) is 0 Å². The molecule has 0 radical (unpaired) electrons. The van der Waals surface area contributed by atoms with Gasteiger partial charge in [-0.3, -0.25) is 0 Å². The van der Waals surface area contributed by atoms with E-state index < -0.39 is 0 Å². The van der Waals surface area contributed by atoms with Crippen molar-refractivity contribution in [3.8, 4) is 5.88 Å². The number of halogens is 1. The van der Waals surface area contributed by atoms with E-state index >= 15 is 0 Å². The van der Waals surface area contributed by atoms with Gasteiger partial charge in [0.15, 0.2) is 0 Å². The van der Waals surface area contributed by atoms with Crippen molar-refractivity contribution < 1.29 is 4.74 Å². The Morgan fingerprint density at radius 2 is 2.20 bits per heavy atom. The molecule has 0 aliphatic carbocycles. The third-order valence-corrected chi connectivity index (χ3v) is 5.05. The SMILES string of the molecule is CCNC(Cc1ccc(OC)nc1)Cc1sccc1Br. The summed E-state index contributed by atoms with van der Waals surface area (Å²) in [5.41, 5.74) is 1.23. The topological polar surface area (TPSA) is 34.1 Å². The highest BCUT2D eigenvalue weighted by atomic mass is 79.9. The highest BCUT2D eigenvalue weighted by Gasteiger charge is 2.12. The van der Waals surface area contributed by atoms with E-state index in [4.69, 9.17) is 4.74 Å². The molecule has 0 saturated heterocycles. The fourth-order valence-corrected chi connectivity index (χ4v) is 3.73. The maximum absolute atomic E-state index is 5.09. The average Bonchev–Trinajstić information content (AvgIpc) is 2.85. The van der Waals surface area contributed by atoms with E-state index in [0.717, 1.165) is 19.4 Å². The van der Waals surface area contributed by atoms with Crippen LogP contribution in [-0.4, -0.2) is 24.7 Å². The van der Waals surface area contributed by atoms with Gasteiger partial charge < -0.3 is 10.1 Å². The molecule has 0 fully saturated rings. The van der Waals surface area contributed by atoms with Crippen LogP contribution >= 0.6 is 27.3 Å². The number of hydrogen-bond acceptors (Lipinski definition) is 4. The summed E-state index contributed by atoms with van der Waals surface area (Å²) in [6.07, 6.45) is 3.89. The Morgan fingerprint density at radius 1 is 1.35 bits per heavy atom. The Labute approximate surface area is 132 Å². The third-order valence-electron chi connectivity index (χ3n) is 3.10. The van der Waals surface area contributed by atoms with Gasteiger partial charge in [-0.05, 0) is 52.3 Å². The molecule has 0 aliphatic heterocycles. The van der Waals surface area contributed by atoms with Gasteiger partial charge >= 0.3 is 0 Å². The number of hydrogen-bond donors (Lipinski definition) is 1. The molecule has 1 unspecified atom stereocenters. The number of methoxy groups -OCH3 is 1. The number of nitrogens with zero attached hydrogens (tertiary/aromatic N) is 1. The Balaban J connectivity index is 2.02. The van der Waals surface area contributed by atoms with E-state index in [-0.39, 0.29) is 0 Å². The van der Waals surface area contributed by atoms with Crippen LogP contribution < -0.4 is 10.1 Å². The van der Waals surface area contributed by atoms with E-state index in [1.807, 2.05) is 12.3 Å². The quantitative estimate of drug-likeness (QED) is 0.823. The smallest absolute Gasteiger partial charge is 0.212 e. The van der Waals surface area contributed by atoms with Gasteiger partial charge in [-0.25, -0.2) is 4.98 Å². The molecule has 20 heavy (non-hydrogen) atoms. The second-order valence-electron chi connectivity index (χ2n) is 4.56. The van der Waals surface area contributed by atoms with Crippen LogP contribution in [0.3, 0.4) is 0 Å². The van der Waals surface area contributed by atoms with Gasteiger partial charge in [0, 0.05) is 27.7 Å². The minimum Gasteiger partial charge on any atom is -0.481 e. The van der Waals surface area contributed by atoms with Gasteiger partial charge in [0.05, 0.1) is 7.11 Å². The number of nitrogens with one attached hydrogen (secondary N) is 1. The minimum atomic E-state index is 0.421. The van der Waals surface area contributed by atoms with Gasteiger partial charge in [-0.2, -0.15) is 0 Å². The lowest BCUT2D eigenvalue weighted by molar-refractivity contribution is 0.397. The van der Waals surface area contributed by atoms with E-state index in [1.165, 1.54) is 14.9 Å². The second-order valence-corrected chi connectivity index (χ2v) is 6.42. The number of likely N-dealkylation sites (N-methyl/N-ethyl adjacent to an activating group) is 1. The number of rotatable bonds is 7. The fourth-order valence-electron chi connectivity index (χ4n) is 2.14. The van der Waals surface area contributed by atoms with Crippen molar-refractivity contribution in [2.75, 3.05) is 13.7 Å². The van der Waals surface area contributed by atoms with Crippen molar-refractivity contribution in [3.63, 3.8) is 0 Å². The van der Waals surface area contributed by atoms with Gasteiger partial charge in [0.2, 0.25) is 5.88 Å². The molecule has 0 saturated carbocycles. The lowest BCUT2D eigenvalue weighted by Gasteiger charge is -2.17. The first-order valence-corrected chi connectivity index (χ1v) is 8.34. The lowest BCUT2D eigenvalue weighted by atomic mass is 10.0. The standard InChI is InChI=1S/C15H19BrN2OS/c1-3-17-12(9-14-13(16)6-7-20-14)8-11-4-5-15(19-2)18-10-11/h4-7,10,12,17H,3,8-9H2,1-2H3. The van der Waals surface area contributed by atoms with Crippen LogP contribution in [-0.2, 0) is 12.8 Å². The summed E-state index contributed by atoms with van der Waals surface area (Å²) in [6, 6.07) is 6.53. The first-order chi connectivity index (χ1) is 9.72. The molecular weight excluding hydrogens is 336 g/mol. The van der Waals surface area contributed by atoms with Crippen molar-refractivity contribution in [3.05, 3.63) is 44.7 Å². The number of aromatic nitrogens is 1. The highest BCUT2D eigenvalue weighted by Crippen LogP contribution is 2.24. The van der Waals surface area contributed by atoms with Crippen molar-refractivity contribution in [2.45, 2.75) is 25.8 Å². The maximum Gasteiger partial charge on any atom is 0.212 e. The molecule has 2 heterocycles. The summed E-state index contributed by atoms with van der Waals surface area (Å²) in [7, 11) is 1.64. The molecule has 0 bridgehead atoms. The van der Waals surface area contributed by atoms with Crippen LogP contribution in [0.4, 0.5) is 0 Å². The normalized spacial score (nSPS) is 12.3. The first-order valence-electron chi connectivity index (χ1n) is 6.67. The molecule has 1 atom stereocenters. The van der Waals surface area contributed by atoms with E-state index in [9.17, 15) is 0 Å². The highest BCUT2D eigenvalue weighted by molar-refractivity contribution is 9.10. The summed E-state index contributed by atoms with van der Waals surface area (Å²) < 4.78 is 6.30. The average molecular weight is 355 g/mol. The summed E-state index contributed by atoms with van der Waals surface area (Å²) in [4.78, 5) is 5.65. The largest absolute Gasteiger partial charge is 0.481 e. The van der Waals surface area contributed by atoms with E-state index in [2.05, 4.69) is 50.7 Å². The maximum atomic E-state index is 5.09. The summed E-state index contributed by atoms with van der Waals surface area (Å²) >= 11 is 5.40. The number of pyridine rings is 1. The lowest BCUT2D eigenvalue weighted by Crippen LogP contribution is -2.32. The zero-order chi connectivity index (χ0) is 14.4. The third kappa shape index (κ3) is 4.30. The van der Waals surface area contributed by atoms with Gasteiger partial charge in [0.25, 0.3) is 0 Å². The van der Waals surface area contributed by atoms with Gasteiger partial charge in [-0.15, -0.1) is 11.3 Å². The Kier molecular flexibility index (Phi) is 6.01. The van der Waals surface area contributed by atoms with Gasteiger partial charge in [-0.1, -0.05) is 13.0 Å². The van der Waals surface area contributed by atoms with Crippen LogP contribution in [0.25, 0.3) is 0 Å². The van der Waals surface area contributed by atoms with Crippen LogP contribution in [0.1, 0.15) is 17.4 Å². The molecule has 108 valence electrons. The van der Waals surface area contributed by atoms with E-state index in [1.54, 1.807) is 18.4 Å². The number of ether oxygens (including phenoxy) is 1. The molecule has 3 nitrogen and oxygen atoms in total. The van der Waals surface area contributed by atoms with Crippen LogP contribution in [0.15, 0.2) is 34.2 Å². The molecule has 1 N–H and O–H groups in total. The monoisotopic (exact) mass is 354 g/mol. The predicted octanol–water partition coefficient (Wildman–Crippen LogP) is 3.68. The molecule has 0 spiro atoms. The zero-order valence-electron chi connectivity index (χ0n) is 11.7. The molecule has 5 heteroatoms. The van der Waals surface area contributed by atoms with Crippen molar-refractivity contribution in [1.82, 2.24) is 10.3 Å². The predicted molar refractivity (Wildman–Crippen MR) is 87.7 cm³/mol. The van der Waals surface area contributed by atoms with Crippen LogP contribution in [0.2, 0.25) is 0 Å². The first kappa shape index (κ1) is 15.5. The fraction of sp³-hybridized carbons (Fsp3) is 0.400. The molecule has 0 amide bonds. The van der Waals surface area contributed by atoms with Crippen molar-refractivity contribution in [2.24, 2.45) is 0 Å². The molecule has 2 aromatic heterocycles. The molecule has 2 rings (SSSR count). The molecular formula is C15H19BrN2OS. The summed E-state index contributed by atoms with van der Waals surface area (Å²) in [5, 5.41) is 5.67. The molecule has 2 aromatic rings. The molecule has 0 aromatic carbocycles. The minimum absolute atomic E-state index is 0.421. The Morgan fingerprint density at radius 3 is 2.75 bits per heavy atom. The number of thiophene rings is 1. The Bertz CT molecular complexity index is 527. The molecule has 0 aliphatic rings. The summed E-state index contributed by atoms with van der Waals surface area (Å²) in [5.74, 6) is 0.662. The van der Waals surface area contributed by atoms with Crippen molar-refractivity contribution in [1.29, 1.82) is 0 Å².